The van der Waals surface area contributed by atoms with E-state index < -0.39 is 0 Å². The highest BCUT2D eigenvalue weighted by Gasteiger charge is 2.26. The molecule has 1 N–H and O–H groups in total. The first-order valence-corrected chi connectivity index (χ1v) is 7.51. The Bertz CT molecular complexity index is 245. The summed E-state index contributed by atoms with van der Waals surface area (Å²) in [4.78, 5) is 0. The van der Waals surface area contributed by atoms with E-state index in [2.05, 4.69) is 26.1 Å². The second-order valence-corrected chi connectivity index (χ2v) is 6.90. The summed E-state index contributed by atoms with van der Waals surface area (Å²) in [5.74, 6) is 0.971. The van der Waals surface area contributed by atoms with Crippen molar-refractivity contribution in [2.45, 2.75) is 70.6 Å². The Balaban J connectivity index is 1.50. The summed E-state index contributed by atoms with van der Waals surface area (Å²) in [6.07, 6.45) is 7.12. The van der Waals surface area contributed by atoms with Gasteiger partial charge in [0.05, 0.1) is 18.8 Å². The quantitative estimate of drug-likeness (QED) is 0.710. The number of hydrogen-bond acceptors (Lipinski definition) is 3. The van der Waals surface area contributed by atoms with Crippen LogP contribution in [0.3, 0.4) is 0 Å². The summed E-state index contributed by atoms with van der Waals surface area (Å²) >= 11 is 0. The molecule has 2 atom stereocenters. The van der Waals surface area contributed by atoms with Gasteiger partial charge in [0.2, 0.25) is 0 Å². The van der Waals surface area contributed by atoms with Gasteiger partial charge in [-0.2, -0.15) is 0 Å². The van der Waals surface area contributed by atoms with Crippen LogP contribution in [0.2, 0.25) is 0 Å². The average Bonchev–Trinajstić information content (AvgIpc) is 3.00. The molecule has 2 fully saturated rings. The normalized spacial score (nSPS) is 28.8. The Morgan fingerprint density at radius 3 is 2.50 bits per heavy atom. The van der Waals surface area contributed by atoms with E-state index in [-0.39, 0.29) is 5.54 Å². The highest BCUT2D eigenvalue weighted by atomic mass is 16.5. The fourth-order valence-corrected chi connectivity index (χ4v) is 2.34. The molecule has 1 aliphatic carbocycles. The Morgan fingerprint density at radius 2 is 1.83 bits per heavy atom. The summed E-state index contributed by atoms with van der Waals surface area (Å²) in [6, 6.07) is 0. The third-order valence-electron chi connectivity index (χ3n) is 3.73. The lowest BCUT2D eigenvalue weighted by atomic mass is 10.1. The van der Waals surface area contributed by atoms with Crippen molar-refractivity contribution in [2.24, 2.45) is 5.92 Å². The molecule has 2 aliphatic rings. The second-order valence-electron chi connectivity index (χ2n) is 6.90. The molecule has 0 radical (unpaired) electrons. The van der Waals surface area contributed by atoms with Gasteiger partial charge in [0.25, 0.3) is 0 Å². The first-order chi connectivity index (χ1) is 8.53. The minimum Gasteiger partial charge on any atom is -0.379 e. The smallest absolute Gasteiger partial charge is 0.0813 e. The molecule has 0 amide bonds. The van der Waals surface area contributed by atoms with Crippen molar-refractivity contribution in [3.63, 3.8) is 0 Å². The van der Waals surface area contributed by atoms with Gasteiger partial charge in [0.1, 0.15) is 0 Å². The lowest BCUT2D eigenvalue weighted by Gasteiger charge is -2.23. The maximum Gasteiger partial charge on any atom is 0.0813 e. The summed E-state index contributed by atoms with van der Waals surface area (Å²) in [6.45, 7) is 9.26. The molecule has 0 aromatic carbocycles. The van der Waals surface area contributed by atoms with Crippen LogP contribution in [0, 0.1) is 5.92 Å². The van der Waals surface area contributed by atoms with Crippen LogP contribution in [0.5, 0.6) is 0 Å². The SMILES string of the molecule is CC(C)(C)NCC1CCC(COCCC2CC2)O1. The van der Waals surface area contributed by atoms with Crippen LogP contribution in [0.4, 0.5) is 0 Å². The van der Waals surface area contributed by atoms with Gasteiger partial charge in [0, 0.05) is 18.7 Å². The van der Waals surface area contributed by atoms with Gasteiger partial charge in [-0.1, -0.05) is 12.8 Å². The molecule has 2 unspecified atom stereocenters. The summed E-state index contributed by atoms with van der Waals surface area (Å²) in [7, 11) is 0. The van der Waals surface area contributed by atoms with Crippen LogP contribution < -0.4 is 5.32 Å². The summed E-state index contributed by atoms with van der Waals surface area (Å²) in [5, 5.41) is 3.51. The molecular formula is C15H29NO2. The van der Waals surface area contributed by atoms with Gasteiger partial charge in [0.15, 0.2) is 0 Å². The predicted molar refractivity (Wildman–Crippen MR) is 73.8 cm³/mol. The first kappa shape index (κ1) is 14.3. The average molecular weight is 255 g/mol. The molecule has 3 heteroatoms. The molecule has 3 nitrogen and oxygen atoms in total. The third kappa shape index (κ3) is 5.68. The monoisotopic (exact) mass is 255 g/mol. The number of hydrogen-bond donors (Lipinski definition) is 1. The van der Waals surface area contributed by atoms with Gasteiger partial charge in [-0.05, 0) is 46.0 Å². The van der Waals surface area contributed by atoms with Crippen LogP contribution in [-0.2, 0) is 9.47 Å². The van der Waals surface area contributed by atoms with Crippen LogP contribution in [0.25, 0.3) is 0 Å². The van der Waals surface area contributed by atoms with Crippen LogP contribution in [0.1, 0.15) is 52.9 Å². The summed E-state index contributed by atoms with van der Waals surface area (Å²) < 4.78 is 11.7. The zero-order valence-corrected chi connectivity index (χ0v) is 12.2. The molecule has 0 aromatic heterocycles. The van der Waals surface area contributed by atoms with Crippen LogP contribution >= 0.6 is 0 Å². The highest BCUT2D eigenvalue weighted by molar-refractivity contribution is 4.79. The van der Waals surface area contributed by atoms with E-state index in [9.17, 15) is 0 Å². The molecule has 0 aromatic rings. The van der Waals surface area contributed by atoms with E-state index in [1.807, 2.05) is 0 Å². The molecule has 1 heterocycles. The Hall–Kier alpha value is -0.120. The third-order valence-corrected chi connectivity index (χ3v) is 3.73. The number of ether oxygens (including phenoxy) is 2. The van der Waals surface area contributed by atoms with Crippen LogP contribution in [0.15, 0.2) is 0 Å². The fourth-order valence-electron chi connectivity index (χ4n) is 2.34. The standard InChI is InChI=1S/C15H29NO2/c1-15(2,3)16-10-13-6-7-14(18-13)11-17-9-8-12-4-5-12/h12-14,16H,4-11H2,1-3H3. The van der Waals surface area contributed by atoms with Crippen molar-refractivity contribution in [3.05, 3.63) is 0 Å². The maximum atomic E-state index is 5.99. The van der Waals surface area contributed by atoms with E-state index in [1.54, 1.807) is 0 Å². The van der Waals surface area contributed by atoms with Gasteiger partial charge < -0.3 is 14.8 Å². The molecule has 1 saturated heterocycles. The zero-order chi connectivity index (χ0) is 13.0. The van der Waals surface area contributed by atoms with Gasteiger partial charge in [-0.15, -0.1) is 0 Å². The van der Waals surface area contributed by atoms with E-state index in [4.69, 9.17) is 9.47 Å². The number of nitrogens with one attached hydrogen (secondary N) is 1. The molecule has 106 valence electrons. The summed E-state index contributed by atoms with van der Waals surface area (Å²) in [5.41, 5.74) is 0.183. The lowest BCUT2D eigenvalue weighted by Crippen LogP contribution is -2.41. The minimum absolute atomic E-state index is 0.183. The Labute approximate surface area is 112 Å². The Morgan fingerprint density at radius 1 is 1.11 bits per heavy atom. The largest absolute Gasteiger partial charge is 0.379 e. The second kappa shape index (κ2) is 6.36. The molecular weight excluding hydrogens is 226 g/mol. The van der Waals surface area contributed by atoms with E-state index >= 15 is 0 Å². The van der Waals surface area contributed by atoms with E-state index in [1.165, 1.54) is 25.7 Å². The van der Waals surface area contributed by atoms with Gasteiger partial charge >= 0.3 is 0 Å². The first-order valence-electron chi connectivity index (χ1n) is 7.51. The molecule has 2 rings (SSSR count). The van der Waals surface area contributed by atoms with Crippen LogP contribution in [-0.4, -0.2) is 37.5 Å². The Kier molecular flexibility index (Phi) is 5.05. The highest BCUT2D eigenvalue weighted by Crippen LogP contribution is 2.32. The van der Waals surface area contributed by atoms with Crippen molar-refractivity contribution in [1.29, 1.82) is 0 Å². The topological polar surface area (TPSA) is 30.5 Å². The fraction of sp³-hybridized carbons (Fsp3) is 1.00. The molecule has 1 aliphatic heterocycles. The van der Waals surface area contributed by atoms with Crippen molar-refractivity contribution in [3.8, 4) is 0 Å². The molecule has 0 spiro atoms. The van der Waals surface area contributed by atoms with Crippen molar-refractivity contribution in [2.75, 3.05) is 19.8 Å². The zero-order valence-electron chi connectivity index (χ0n) is 12.2. The molecule has 0 bridgehead atoms. The van der Waals surface area contributed by atoms with E-state index in [0.29, 0.717) is 12.2 Å². The van der Waals surface area contributed by atoms with E-state index in [0.717, 1.165) is 32.1 Å². The van der Waals surface area contributed by atoms with Crippen molar-refractivity contribution < 1.29 is 9.47 Å². The molecule has 1 saturated carbocycles. The van der Waals surface area contributed by atoms with Crippen molar-refractivity contribution >= 4 is 0 Å². The van der Waals surface area contributed by atoms with Gasteiger partial charge in [-0.3, -0.25) is 0 Å². The number of rotatable bonds is 7. The lowest BCUT2D eigenvalue weighted by molar-refractivity contribution is -0.0167. The predicted octanol–water partition coefficient (Wildman–Crippen LogP) is 2.74. The minimum atomic E-state index is 0.183. The van der Waals surface area contributed by atoms with Crippen molar-refractivity contribution in [1.82, 2.24) is 5.32 Å². The van der Waals surface area contributed by atoms with Gasteiger partial charge in [-0.25, -0.2) is 0 Å². The molecule has 18 heavy (non-hydrogen) atoms. The maximum absolute atomic E-state index is 5.99.